The van der Waals surface area contributed by atoms with Crippen LogP contribution >= 0.6 is 50.9 Å². The fourth-order valence-corrected chi connectivity index (χ4v) is 3.31. The SMILES string of the molecule is OCc1ccc(Br)cc1Sc1ccc(Cl)c(Cl)c1. The Morgan fingerprint density at radius 3 is 2.50 bits per heavy atom. The first-order valence-electron chi connectivity index (χ1n) is 5.12. The van der Waals surface area contributed by atoms with E-state index in [1.807, 2.05) is 30.3 Å². The zero-order valence-electron chi connectivity index (χ0n) is 9.16. The van der Waals surface area contributed by atoms with Crippen LogP contribution in [-0.2, 0) is 6.61 Å². The smallest absolute Gasteiger partial charge is 0.0692 e. The summed E-state index contributed by atoms with van der Waals surface area (Å²) >= 11 is 16.8. The summed E-state index contributed by atoms with van der Waals surface area (Å²) in [5.41, 5.74) is 0.884. The summed E-state index contributed by atoms with van der Waals surface area (Å²) in [6.07, 6.45) is 0. The highest BCUT2D eigenvalue weighted by Gasteiger charge is 2.06. The standard InChI is InChI=1S/C13H9BrCl2OS/c14-9-2-1-8(7-17)13(5-9)18-10-3-4-11(15)12(16)6-10/h1-6,17H,7H2. The van der Waals surface area contributed by atoms with Crippen LogP contribution in [0.4, 0.5) is 0 Å². The van der Waals surface area contributed by atoms with Crippen LogP contribution in [0.1, 0.15) is 5.56 Å². The minimum absolute atomic E-state index is 0.0108. The maximum Gasteiger partial charge on any atom is 0.0692 e. The third-order valence-corrected chi connectivity index (χ3v) is 4.64. The highest BCUT2D eigenvalue weighted by molar-refractivity contribution is 9.10. The van der Waals surface area contributed by atoms with Gasteiger partial charge in [0.05, 0.1) is 16.7 Å². The molecular formula is C13H9BrCl2OS. The van der Waals surface area contributed by atoms with Gasteiger partial charge in [-0.15, -0.1) is 0 Å². The van der Waals surface area contributed by atoms with Crippen molar-refractivity contribution in [2.24, 2.45) is 0 Å². The lowest BCUT2D eigenvalue weighted by molar-refractivity contribution is 0.279. The van der Waals surface area contributed by atoms with Gasteiger partial charge in [-0.25, -0.2) is 0 Å². The van der Waals surface area contributed by atoms with Crippen LogP contribution in [0.3, 0.4) is 0 Å². The molecule has 5 heteroatoms. The van der Waals surface area contributed by atoms with Crippen molar-refractivity contribution in [3.05, 3.63) is 56.5 Å². The van der Waals surface area contributed by atoms with Gasteiger partial charge in [0, 0.05) is 14.3 Å². The van der Waals surface area contributed by atoms with Crippen molar-refractivity contribution in [2.45, 2.75) is 16.4 Å². The van der Waals surface area contributed by atoms with Gasteiger partial charge >= 0.3 is 0 Å². The summed E-state index contributed by atoms with van der Waals surface area (Å²) < 4.78 is 0.974. The molecule has 0 unspecified atom stereocenters. The van der Waals surface area contributed by atoms with Crippen LogP contribution in [0.5, 0.6) is 0 Å². The van der Waals surface area contributed by atoms with E-state index in [9.17, 15) is 5.11 Å². The van der Waals surface area contributed by atoms with Crippen LogP contribution in [0, 0.1) is 0 Å². The van der Waals surface area contributed by atoms with E-state index in [2.05, 4.69) is 15.9 Å². The van der Waals surface area contributed by atoms with Crippen molar-refractivity contribution >= 4 is 50.9 Å². The monoisotopic (exact) mass is 362 g/mol. The van der Waals surface area contributed by atoms with E-state index in [1.54, 1.807) is 17.8 Å². The topological polar surface area (TPSA) is 20.2 Å². The Hall–Kier alpha value is -0.190. The fraction of sp³-hybridized carbons (Fsp3) is 0.0769. The van der Waals surface area contributed by atoms with Gasteiger partial charge in [-0.05, 0) is 35.9 Å². The molecule has 18 heavy (non-hydrogen) atoms. The molecule has 1 N–H and O–H groups in total. The Labute approximate surface area is 128 Å². The maximum atomic E-state index is 9.31. The molecule has 0 heterocycles. The molecule has 94 valence electrons. The summed E-state index contributed by atoms with van der Waals surface area (Å²) in [5.74, 6) is 0. The summed E-state index contributed by atoms with van der Waals surface area (Å²) in [7, 11) is 0. The average molecular weight is 364 g/mol. The van der Waals surface area contributed by atoms with Crippen molar-refractivity contribution in [2.75, 3.05) is 0 Å². The number of halogens is 3. The molecule has 0 aliphatic rings. The number of aliphatic hydroxyl groups excluding tert-OH is 1. The van der Waals surface area contributed by atoms with Crippen LogP contribution < -0.4 is 0 Å². The summed E-state index contributed by atoms with van der Waals surface area (Å²) in [4.78, 5) is 1.97. The number of hydrogen-bond acceptors (Lipinski definition) is 2. The summed E-state index contributed by atoms with van der Waals surface area (Å²) in [5, 5.41) is 10.4. The molecule has 0 bridgehead atoms. The summed E-state index contributed by atoms with van der Waals surface area (Å²) in [6, 6.07) is 11.3. The lowest BCUT2D eigenvalue weighted by Crippen LogP contribution is -1.87. The number of hydrogen-bond donors (Lipinski definition) is 1. The van der Waals surface area contributed by atoms with Crippen LogP contribution in [0.2, 0.25) is 10.0 Å². The van der Waals surface area contributed by atoms with Crippen molar-refractivity contribution in [1.82, 2.24) is 0 Å². The molecule has 0 aromatic heterocycles. The quantitative estimate of drug-likeness (QED) is 0.787. The zero-order chi connectivity index (χ0) is 13.1. The van der Waals surface area contributed by atoms with Crippen LogP contribution in [-0.4, -0.2) is 5.11 Å². The third-order valence-electron chi connectivity index (χ3n) is 2.32. The molecule has 2 rings (SSSR count). The first-order valence-corrected chi connectivity index (χ1v) is 7.49. The first kappa shape index (κ1) is 14.2. The lowest BCUT2D eigenvalue weighted by atomic mass is 10.2. The maximum absolute atomic E-state index is 9.31. The van der Waals surface area contributed by atoms with Gasteiger partial charge in [0.2, 0.25) is 0 Å². The molecule has 0 fully saturated rings. The van der Waals surface area contributed by atoms with E-state index in [4.69, 9.17) is 23.2 Å². The Kier molecular flexibility index (Phi) is 4.98. The Morgan fingerprint density at radius 1 is 1.06 bits per heavy atom. The van der Waals surface area contributed by atoms with E-state index in [1.165, 1.54) is 0 Å². The molecular weight excluding hydrogens is 355 g/mol. The van der Waals surface area contributed by atoms with Gasteiger partial charge < -0.3 is 5.11 Å². The molecule has 0 spiro atoms. The fourth-order valence-electron chi connectivity index (χ4n) is 1.42. The van der Waals surface area contributed by atoms with Gasteiger partial charge in [0.25, 0.3) is 0 Å². The van der Waals surface area contributed by atoms with Crippen molar-refractivity contribution in [3.63, 3.8) is 0 Å². The molecule has 0 saturated heterocycles. The second-order valence-corrected chi connectivity index (χ2v) is 6.43. The average Bonchev–Trinajstić information content (AvgIpc) is 2.34. The molecule has 0 aliphatic heterocycles. The molecule has 0 radical (unpaired) electrons. The predicted octanol–water partition coefficient (Wildman–Crippen LogP) is 5.40. The van der Waals surface area contributed by atoms with Gasteiger partial charge in [0.15, 0.2) is 0 Å². The van der Waals surface area contributed by atoms with Gasteiger partial charge in [-0.1, -0.05) is 57.0 Å². The predicted molar refractivity (Wildman–Crippen MR) is 80.6 cm³/mol. The number of rotatable bonds is 3. The van der Waals surface area contributed by atoms with Crippen LogP contribution in [0.15, 0.2) is 50.7 Å². The van der Waals surface area contributed by atoms with Crippen molar-refractivity contribution < 1.29 is 5.11 Å². The van der Waals surface area contributed by atoms with E-state index in [-0.39, 0.29) is 6.61 Å². The molecule has 0 atom stereocenters. The van der Waals surface area contributed by atoms with Gasteiger partial charge in [-0.3, -0.25) is 0 Å². The molecule has 2 aromatic carbocycles. The Balaban J connectivity index is 2.33. The van der Waals surface area contributed by atoms with Gasteiger partial charge in [0.1, 0.15) is 0 Å². The Bertz CT molecular complexity index is 575. The van der Waals surface area contributed by atoms with Crippen LogP contribution in [0.25, 0.3) is 0 Å². The number of benzene rings is 2. The van der Waals surface area contributed by atoms with E-state index in [0.29, 0.717) is 10.0 Å². The highest BCUT2D eigenvalue weighted by atomic mass is 79.9. The first-order chi connectivity index (χ1) is 8.60. The van der Waals surface area contributed by atoms with E-state index >= 15 is 0 Å². The minimum atomic E-state index is 0.0108. The number of aliphatic hydroxyl groups is 1. The second kappa shape index (κ2) is 6.31. The molecule has 0 aliphatic carbocycles. The molecule has 0 saturated carbocycles. The minimum Gasteiger partial charge on any atom is -0.392 e. The van der Waals surface area contributed by atoms with Gasteiger partial charge in [-0.2, -0.15) is 0 Å². The summed E-state index contributed by atoms with van der Waals surface area (Å²) in [6.45, 7) is 0.0108. The molecule has 1 nitrogen and oxygen atoms in total. The van der Waals surface area contributed by atoms with E-state index < -0.39 is 0 Å². The largest absolute Gasteiger partial charge is 0.392 e. The second-order valence-electron chi connectivity index (χ2n) is 3.59. The highest BCUT2D eigenvalue weighted by Crippen LogP contribution is 2.35. The molecule has 2 aromatic rings. The van der Waals surface area contributed by atoms with Crippen molar-refractivity contribution in [1.29, 1.82) is 0 Å². The molecule has 0 amide bonds. The van der Waals surface area contributed by atoms with E-state index in [0.717, 1.165) is 19.8 Å². The zero-order valence-corrected chi connectivity index (χ0v) is 13.1. The normalized spacial score (nSPS) is 10.7. The lowest BCUT2D eigenvalue weighted by Gasteiger charge is -2.08. The third kappa shape index (κ3) is 3.43. The Morgan fingerprint density at radius 2 is 1.83 bits per heavy atom. The van der Waals surface area contributed by atoms with Crippen molar-refractivity contribution in [3.8, 4) is 0 Å².